The van der Waals surface area contributed by atoms with Crippen LogP contribution in [0.2, 0.25) is 0 Å². The SMILES string of the molecule is CCCCCCCCCCC(CCCCCCCC)COCC1(COCC(CCCCCCCC)CCCCCCCCCC)COc2c(-c3sc(C)c4c3OCCO4)sc(-c3sc(-c4scc(CCCCCCCC)c4CCCCCCCC)c4c3OC(C)CC(C)O4)c2OC1. The van der Waals surface area contributed by atoms with E-state index in [1.165, 1.54) is 303 Å². The van der Waals surface area contributed by atoms with Gasteiger partial charge in [-0.05, 0) is 100 Å². The van der Waals surface area contributed by atoms with Crippen LogP contribution in [-0.2, 0) is 22.3 Å². The molecule has 4 unspecified atom stereocenters. The number of unbranched alkanes of at least 4 members (excludes halogenated alkanes) is 34. The van der Waals surface area contributed by atoms with E-state index in [1.807, 2.05) is 22.7 Å². The van der Waals surface area contributed by atoms with Crippen molar-refractivity contribution in [2.24, 2.45) is 17.3 Å². The fourth-order valence-electron chi connectivity index (χ4n) is 15.1. The van der Waals surface area contributed by atoms with Crippen LogP contribution in [0.5, 0.6) is 34.5 Å². The van der Waals surface area contributed by atoms with Gasteiger partial charge >= 0.3 is 0 Å². The molecule has 554 valence electrons. The average Bonchev–Trinajstić information content (AvgIpc) is 1.59. The smallest absolute Gasteiger partial charge is 0.181 e. The Balaban J connectivity index is 1.25. The standard InChI is InChI=1S/C85H142O8S4/c1-10-16-22-28-34-36-40-46-52-69(50-44-38-30-24-18-12-3)59-86-62-85(63-87-60-70(51-45-39-31-25-19-13-4)53-47-41-37-35-29-23-17-11-2)64-90-75-76(91-65-85)82(96-81(75)80-74-73(68(9)95-80)88-56-57-89-74)84-78-77(92-66(7)58-67(8)93-78)83(97-84)79-72(55-49-43-33-27-21-15-6)71(61-94-79)54-48-42-32-26-20-14-5/h61,66-67,69-70H,10-60,62-65H2,1-9H3. The zero-order valence-corrected chi connectivity index (χ0v) is 66.9. The number of ether oxygens (including phenoxy) is 8. The highest BCUT2D eigenvalue weighted by atomic mass is 32.1. The van der Waals surface area contributed by atoms with E-state index in [-0.39, 0.29) is 12.2 Å². The molecule has 0 aromatic carbocycles. The quantitative estimate of drug-likeness (QED) is 0.0405. The van der Waals surface area contributed by atoms with Gasteiger partial charge in [0.15, 0.2) is 34.5 Å². The second-order valence-electron chi connectivity index (χ2n) is 30.4. The van der Waals surface area contributed by atoms with Crippen LogP contribution in [0.3, 0.4) is 0 Å². The Morgan fingerprint density at radius 2 is 0.711 bits per heavy atom. The zero-order valence-electron chi connectivity index (χ0n) is 63.7. The first-order chi connectivity index (χ1) is 47.7. The van der Waals surface area contributed by atoms with Gasteiger partial charge in [-0.25, -0.2) is 0 Å². The van der Waals surface area contributed by atoms with Gasteiger partial charge in [0.05, 0.1) is 60.1 Å². The Labute approximate surface area is 610 Å². The van der Waals surface area contributed by atoms with Crippen LogP contribution in [0.1, 0.15) is 360 Å². The summed E-state index contributed by atoms with van der Waals surface area (Å²) in [6.07, 6.45) is 60.9. The molecule has 0 fully saturated rings. The van der Waals surface area contributed by atoms with Gasteiger partial charge in [0.25, 0.3) is 0 Å². The van der Waals surface area contributed by atoms with Crippen LogP contribution < -0.4 is 28.4 Å². The van der Waals surface area contributed by atoms with E-state index in [1.54, 1.807) is 22.7 Å². The summed E-state index contributed by atoms with van der Waals surface area (Å²) in [5.74, 6) is 6.07. The van der Waals surface area contributed by atoms with Crippen molar-refractivity contribution in [1.82, 2.24) is 0 Å². The van der Waals surface area contributed by atoms with Crippen LogP contribution >= 0.6 is 45.3 Å². The van der Waals surface area contributed by atoms with Crippen LogP contribution in [0.15, 0.2) is 5.38 Å². The van der Waals surface area contributed by atoms with E-state index in [0.717, 1.165) is 91.4 Å². The third-order valence-corrected chi connectivity index (χ3v) is 26.1. The van der Waals surface area contributed by atoms with E-state index in [0.29, 0.717) is 51.5 Å². The van der Waals surface area contributed by atoms with E-state index < -0.39 is 5.41 Å². The molecule has 0 saturated heterocycles. The molecule has 0 aliphatic carbocycles. The molecule has 0 spiro atoms. The summed E-state index contributed by atoms with van der Waals surface area (Å²) < 4.78 is 57.3. The summed E-state index contributed by atoms with van der Waals surface area (Å²) >= 11 is 7.29. The molecule has 0 amide bonds. The van der Waals surface area contributed by atoms with Crippen LogP contribution in [0.4, 0.5) is 0 Å². The number of rotatable bonds is 57. The van der Waals surface area contributed by atoms with Crippen molar-refractivity contribution in [1.29, 1.82) is 0 Å². The highest BCUT2D eigenvalue weighted by Gasteiger charge is 2.43. The van der Waals surface area contributed by atoms with Gasteiger partial charge in [0.2, 0.25) is 0 Å². The van der Waals surface area contributed by atoms with Crippen molar-refractivity contribution in [3.63, 3.8) is 0 Å². The zero-order chi connectivity index (χ0) is 68.6. The number of hydrogen-bond donors (Lipinski definition) is 0. The van der Waals surface area contributed by atoms with Crippen LogP contribution in [0.25, 0.3) is 29.3 Å². The van der Waals surface area contributed by atoms with Gasteiger partial charge in [-0.2, -0.15) is 0 Å². The van der Waals surface area contributed by atoms with Crippen LogP contribution in [-0.4, -0.2) is 65.1 Å². The molecule has 3 aliphatic rings. The van der Waals surface area contributed by atoms with Gasteiger partial charge in [0.1, 0.15) is 26.4 Å². The lowest BCUT2D eigenvalue weighted by Gasteiger charge is -2.32. The van der Waals surface area contributed by atoms with Gasteiger partial charge in [-0.1, -0.05) is 286 Å². The Morgan fingerprint density at radius 1 is 0.381 bits per heavy atom. The molecule has 0 N–H and O–H groups in total. The monoisotopic (exact) mass is 1420 g/mol. The maximum absolute atomic E-state index is 7.65. The van der Waals surface area contributed by atoms with Gasteiger partial charge in [0, 0.05) is 24.5 Å². The van der Waals surface area contributed by atoms with Gasteiger partial charge in [-0.15, -0.1) is 45.3 Å². The highest BCUT2D eigenvalue weighted by molar-refractivity contribution is 7.29. The number of aryl methyl sites for hydroxylation is 2. The van der Waals surface area contributed by atoms with Crippen molar-refractivity contribution >= 4 is 45.3 Å². The predicted octanol–water partition coefficient (Wildman–Crippen LogP) is 28.3. The van der Waals surface area contributed by atoms with Crippen molar-refractivity contribution in [2.75, 3.05) is 52.9 Å². The Hall–Kier alpha value is -2.48. The number of thiophene rings is 4. The molecule has 3 aliphatic heterocycles. The molecule has 0 bridgehead atoms. The minimum absolute atomic E-state index is 0.00702. The average molecular weight is 1420 g/mol. The van der Waals surface area contributed by atoms with E-state index >= 15 is 0 Å². The lowest BCUT2D eigenvalue weighted by atomic mass is 9.91. The lowest BCUT2D eigenvalue weighted by molar-refractivity contribution is -0.0720. The summed E-state index contributed by atoms with van der Waals surface area (Å²) in [7, 11) is 0. The molecule has 7 rings (SSSR count). The van der Waals surface area contributed by atoms with Gasteiger partial charge in [-0.3, -0.25) is 0 Å². The van der Waals surface area contributed by atoms with Crippen molar-refractivity contribution in [3.05, 3.63) is 21.4 Å². The summed E-state index contributed by atoms with van der Waals surface area (Å²) in [5.41, 5.74) is 2.51. The Kier molecular flexibility index (Phi) is 40.9. The maximum atomic E-state index is 7.65. The fraction of sp³-hybridized carbons (Fsp3) is 0.812. The second kappa shape index (κ2) is 48.5. The van der Waals surface area contributed by atoms with Gasteiger partial charge < -0.3 is 37.9 Å². The van der Waals surface area contributed by atoms with E-state index in [9.17, 15) is 0 Å². The lowest BCUT2D eigenvalue weighted by Crippen LogP contribution is -2.43. The molecular weight excluding hydrogens is 1280 g/mol. The minimum atomic E-state index is -0.558. The molecule has 0 radical (unpaired) electrons. The van der Waals surface area contributed by atoms with E-state index in [2.05, 4.69) is 67.7 Å². The van der Waals surface area contributed by atoms with Crippen molar-refractivity contribution < 1.29 is 37.9 Å². The first-order valence-electron chi connectivity index (χ1n) is 41.2. The molecule has 4 aromatic heterocycles. The largest absolute Gasteiger partial charge is 0.487 e. The first kappa shape index (κ1) is 81.8. The molecular formula is C85H142O8S4. The number of fused-ring (bicyclic) bond motifs is 3. The summed E-state index contributed by atoms with van der Waals surface area (Å²) in [4.78, 5) is 7.85. The van der Waals surface area contributed by atoms with Crippen LogP contribution in [0, 0.1) is 24.2 Å². The maximum Gasteiger partial charge on any atom is 0.181 e. The molecule has 4 atom stereocenters. The fourth-order valence-corrected chi connectivity index (χ4v) is 20.1. The summed E-state index contributed by atoms with van der Waals surface area (Å²) in [6.45, 7) is 25.0. The summed E-state index contributed by atoms with van der Waals surface area (Å²) in [6, 6.07) is 0. The molecule has 12 heteroatoms. The third kappa shape index (κ3) is 27.9. The normalized spacial score (nSPS) is 17.5. The summed E-state index contributed by atoms with van der Waals surface area (Å²) in [5, 5.41) is 2.50. The third-order valence-electron chi connectivity index (χ3n) is 21.1. The predicted molar refractivity (Wildman–Crippen MR) is 421 cm³/mol. The molecule has 4 aromatic rings. The number of hydrogen-bond acceptors (Lipinski definition) is 12. The Bertz CT molecular complexity index is 2620. The molecule has 7 heterocycles. The minimum Gasteiger partial charge on any atom is -0.487 e. The highest BCUT2D eigenvalue weighted by Crippen LogP contribution is 2.65. The molecule has 0 saturated carbocycles. The van der Waals surface area contributed by atoms with Crippen molar-refractivity contribution in [2.45, 2.75) is 376 Å². The first-order valence-corrected chi connectivity index (χ1v) is 44.6. The molecule has 8 nitrogen and oxygen atoms in total. The molecule has 97 heavy (non-hydrogen) atoms. The van der Waals surface area contributed by atoms with E-state index in [4.69, 9.17) is 37.9 Å². The van der Waals surface area contributed by atoms with Crippen molar-refractivity contribution in [3.8, 4) is 63.8 Å². The Morgan fingerprint density at radius 3 is 1.12 bits per heavy atom. The topological polar surface area (TPSA) is 73.8 Å². The second-order valence-corrected chi connectivity index (χ2v) is 34.5.